The van der Waals surface area contributed by atoms with Crippen LogP contribution in [0, 0.1) is 5.92 Å². The number of hydrogen-bond acceptors (Lipinski definition) is 3. The lowest BCUT2D eigenvalue weighted by molar-refractivity contribution is -0.136. The monoisotopic (exact) mass is 178 g/mol. The van der Waals surface area contributed by atoms with E-state index in [1.54, 1.807) is 0 Å². The molecule has 3 N–H and O–H groups in total. The average molecular weight is 179 g/mol. The van der Waals surface area contributed by atoms with Gasteiger partial charge < -0.3 is 5.73 Å². The van der Waals surface area contributed by atoms with Crippen molar-refractivity contribution in [1.82, 2.24) is 5.32 Å². The summed E-state index contributed by atoms with van der Waals surface area (Å²) in [5, 5.41) is 2.22. The standard InChI is InChI=1S/C6H10N2O2.ClH/c7-3-4-1-2-5(9)8-6(4)10;/h4H,1-3,7H2,(H,8,9,10);1H. The third kappa shape index (κ3) is 2.48. The van der Waals surface area contributed by atoms with Gasteiger partial charge in [-0.15, -0.1) is 12.4 Å². The molecule has 2 amide bonds. The zero-order chi connectivity index (χ0) is 7.56. The molecule has 0 bridgehead atoms. The predicted octanol–water partition coefficient (Wildman–Crippen LogP) is -0.580. The van der Waals surface area contributed by atoms with Crippen molar-refractivity contribution in [3.05, 3.63) is 0 Å². The van der Waals surface area contributed by atoms with E-state index in [9.17, 15) is 9.59 Å². The van der Waals surface area contributed by atoms with E-state index in [1.165, 1.54) is 0 Å². The number of carbonyl (C=O) groups is 2. The third-order valence-corrected chi connectivity index (χ3v) is 1.64. The number of rotatable bonds is 1. The number of nitrogens with two attached hydrogens (primary N) is 1. The Labute approximate surface area is 70.9 Å². The fourth-order valence-electron chi connectivity index (χ4n) is 0.963. The van der Waals surface area contributed by atoms with Gasteiger partial charge in [0.15, 0.2) is 0 Å². The molecular weight excluding hydrogens is 168 g/mol. The second kappa shape index (κ2) is 4.31. The number of piperidine rings is 1. The summed E-state index contributed by atoms with van der Waals surface area (Å²) in [5.74, 6) is -0.564. The van der Waals surface area contributed by atoms with Crippen LogP contribution in [0.4, 0.5) is 0 Å². The quantitative estimate of drug-likeness (QED) is 0.528. The van der Waals surface area contributed by atoms with Crippen LogP contribution in [0.3, 0.4) is 0 Å². The molecule has 1 fully saturated rings. The molecule has 1 saturated heterocycles. The molecule has 1 unspecified atom stereocenters. The van der Waals surface area contributed by atoms with Crippen LogP contribution in [0.15, 0.2) is 0 Å². The van der Waals surface area contributed by atoms with Gasteiger partial charge in [0.2, 0.25) is 11.8 Å². The van der Waals surface area contributed by atoms with Crippen molar-refractivity contribution in [2.24, 2.45) is 11.7 Å². The lowest BCUT2D eigenvalue weighted by atomic mass is 9.99. The van der Waals surface area contributed by atoms with Gasteiger partial charge in [0.05, 0.1) is 5.92 Å². The molecule has 1 atom stereocenters. The van der Waals surface area contributed by atoms with E-state index in [-0.39, 0.29) is 30.1 Å². The van der Waals surface area contributed by atoms with Crippen LogP contribution in [0.2, 0.25) is 0 Å². The molecule has 0 aromatic carbocycles. The Kier molecular flexibility index (Phi) is 4.07. The highest BCUT2D eigenvalue weighted by Crippen LogP contribution is 2.09. The van der Waals surface area contributed by atoms with Crippen LogP contribution in [0.25, 0.3) is 0 Å². The van der Waals surface area contributed by atoms with Crippen molar-refractivity contribution in [3.63, 3.8) is 0 Å². The van der Waals surface area contributed by atoms with Gasteiger partial charge in [-0.3, -0.25) is 14.9 Å². The number of hydrogen-bond donors (Lipinski definition) is 2. The normalized spacial score (nSPS) is 23.9. The van der Waals surface area contributed by atoms with Crippen LogP contribution in [-0.4, -0.2) is 18.4 Å². The molecule has 11 heavy (non-hydrogen) atoms. The minimum atomic E-state index is -0.223. The van der Waals surface area contributed by atoms with E-state index in [1.807, 2.05) is 0 Å². The third-order valence-electron chi connectivity index (χ3n) is 1.64. The van der Waals surface area contributed by atoms with Gasteiger partial charge in [-0.2, -0.15) is 0 Å². The van der Waals surface area contributed by atoms with Crippen LogP contribution < -0.4 is 11.1 Å². The molecule has 1 heterocycles. The first-order chi connectivity index (χ1) is 4.74. The molecule has 0 saturated carbocycles. The van der Waals surface area contributed by atoms with Gasteiger partial charge in [0.1, 0.15) is 0 Å². The summed E-state index contributed by atoms with van der Waals surface area (Å²) in [7, 11) is 0. The van der Waals surface area contributed by atoms with E-state index in [4.69, 9.17) is 5.73 Å². The zero-order valence-electron chi connectivity index (χ0n) is 6.00. The average Bonchev–Trinajstić information content (AvgIpc) is 1.88. The zero-order valence-corrected chi connectivity index (χ0v) is 6.82. The highest BCUT2D eigenvalue weighted by Gasteiger charge is 2.24. The van der Waals surface area contributed by atoms with E-state index < -0.39 is 0 Å². The van der Waals surface area contributed by atoms with Crippen molar-refractivity contribution >= 4 is 24.2 Å². The van der Waals surface area contributed by atoms with Gasteiger partial charge in [-0.1, -0.05) is 0 Å². The second-order valence-electron chi connectivity index (χ2n) is 2.38. The minimum Gasteiger partial charge on any atom is -0.330 e. The Morgan fingerprint density at radius 1 is 1.55 bits per heavy atom. The summed E-state index contributed by atoms with van der Waals surface area (Å²) in [4.78, 5) is 21.4. The minimum absolute atomic E-state index is 0. The van der Waals surface area contributed by atoms with Crippen LogP contribution in [0.1, 0.15) is 12.8 Å². The second-order valence-corrected chi connectivity index (χ2v) is 2.38. The molecule has 0 spiro atoms. The SMILES string of the molecule is Cl.NCC1CCC(=O)NC1=O. The van der Waals surface area contributed by atoms with Crippen molar-refractivity contribution < 1.29 is 9.59 Å². The van der Waals surface area contributed by atoms with Crippen molar-refractivity contribution in [1.29, 1.82) is 0 Å². The van der Waals surface area contributed by atoms with Crippen molar-refractivity contribution in [2.45, 2.75) is 12.8 Å². The summed E-state index contributed by atoms with van der Waals surface area (Å²) in [6.07, 6.45) is 1.02. The van der Waals surface area contributed by atoms with Gasteiger partial charge in [-0.25, -0.2) is 0 Å². The molecular formula is C6H11ClN2O2. The maximum atomic E-state index is 10.8. The number of halogens is 1. The number of nitrogens with one attached hydrogen (secondary N) is 1. The van der Waals surface area contributed by atoms with E-state index in [0.717, 1.165) is 0 Å². The van der Waals surface area contributed by atoms with Crippen LogP contribution in [0.5, 0.6) is 0 Å². The molecule has 5 heteroatoms. The van der Waals surface area contributed by atoms with Gasteiger partial charge >= 0.3 is 0 Å². The first-order valence-corrected chi connectivity index (χ1v) is 3.28. The molecule has 0 aromatic rings. The smallest absolute Gasteiger partial charge is 0.230 e. The number of amides is 2. The Morgan fingerprint density at radius 2 is 2.18 bits per heavy atom. The molecule has 1 aliphatic heterocycles. The summed E-state index contributed by atoms with van der Waals surface area (Å²) in [5.41, 5.74) is 5.27. The Morgan fingerprint density at radius 3 is 2.64 bits per heavy atom. The van der Waals surface area contributed by atoms with Crippen molar-refractivity contribution in [2.75, 3.05) is 6.54 Å². The molecule has 1 aliphatic rings. The predicted molar refractivity (Wildman–Crippen MR) is 42.2 cm³/mol. The fourth-order valence-corrected chi connectivity index (χ4v) is 0.963. The first kappa shape index (κ1) is 10.4. The lowest BCUT2D eigenvalue weighted by Crippen LogP contribution is -2.43. The fraction of sp³-hybridized carbons (Fsp3) is 0.667. The van der Waals surface area contributed by atoms with Gasteiger partial charge in [-0.05, 0) is 6.42 Å². The molecule has 4 nitrogen and oxygen atoms in total. The largest absolute Gasteiger partial charge is 0.330 e. The summed E-state index contributed by atoms with van der Waals surface area (Å²) < 4.78 is 0. The molecule has 1 rings (SSSR count). The summed E-state index contributed by atoms with van der Waals surface area (Å²) in [6, 6.07) is 0. The maximum absolute atomic E-state index is 10.8. The Bertz CT molecular complexity index is 172. The summed E-state index contributed by atoms with van der Waals surface area (Å²) in [6.45, 7) is 0.332. The topological polar surface area (TPSA) is 72.2 Å². The molecule has 64 valence electrons. The van der Waals surface area contributed by atoms with Gasteiger partial charge in [0, 0.05) is 13.0 Å². The number of imide groups is 1. The maximum Gasteiger partial charge on any atom is 0.230 e. The molecule has 0 aromatic heterocycles. The van der Waals surface area contributed by atoms with E-state index >= 15 is 0 Å². The van der Waals surface area contributed by atoms with Gasteiger partial charge in [0.25, 0.3) is 0 Å². The molecule has 0 radical (unpaired) electrons. The van der Waals surface area contributed by atoms with Crippen LogP contribution in [-0.2, 0) is 9.59 Å². The lowest BCUT2D eigenvalue weighted by Gasteiger charge is -2.18. The highest BCUT2D eigenvalue weighted by atomic mass is 35.5. The summed E-state index contributed by atoms with van der Waals surface area (Å²) >= 11 is 0. The first-order valence-electron chi connectivity index (χ1n) is 3.28. The van der Waals surface area contributed by atoms with E-state index in [2.05, 4.69) is 5.32 Å². The Hall–Kier alpha value is -0.610. The highest BCUT2D eigenvalue weighted by molar-refractivity contribution is 5.98. The van der Waals surface area contributed by atoms with E-state index in [0.29, 0.717) is 19.4 Å². The Balaban J connectivity index is 0.000001000. The van der Waals surface area contributed by atoms with Crippen molar-refractivity contribution in [3.8, 4) is 0 Å². The molecule has 0 aliphatic carbocycles. The van der Waals surface area contributed by atoms with Crippen LogP contribution >= 0.6 is 12.4 Å². The number of carbonyl (C=O) groups excluding carboxylic acids is 2.